The van der Waals surface area contributed by atoms with Crippen molar-refractivity contribution in [3.05, 3.63) is 24.8 Å². The first kappa shape index (κ1) is 22.1. The number of ether oxygens (including phenoxy) is 2. The maximum atomic E-state index is 10.7. The maximum absolute atomic E-state index is 10.7. The molecule has 0 atom stereocenters. The molecule has 0 aromatic carbocycles. The van der Waals surface area contributed by atoms with Crippen molar-refractivity contribution in [2.45, 2.75) is 71.1 Å². The molecule has 5 nitrogen and oxygen atoms in total. The smallest absolute Gasteiger partial charge is 0.338 e. The van der Waals surface area contributed by atoms with Crippen molar-refractivity contribution in [1.82, 2.24) is 0 Å². The maximum Gasteiger partial charge on any atom is 0.338 e. The van der Waals surface area contributed by atoms with E-state index in [-0.39, 0.29) is 5.97 Å². The number of hydrogen-bond acceptors (Lipinski definition) is 5. The van der Waals surface area contributed by atoms with Crippen molar-refractivity contribution >= 4 is 17.9 Å². The van der Waals surface area contributed by atoms with E-state index in [1.807, 2.05) is 0 Å². The Labute approximate surface area is 145 Å². The Hall–Kier alpha value is -1.91. The summed E-state index contributed by atoms with van der Waals surface area (Å²) in [5.41, 5.74) is 0. The number of carbonyl (C=O) groups excluding carboxylic acids is 3. The number of hydrogen-bond donors (Lipinski definition) is 0. The summed E-state index contributed by atoms with van der Waals surface area (Å²) in [6, 6.07) is 0. The van der Waals surface area contributed by atoms with Crippen molar-refractivity contribution in [3.63, 3.8) is 0 Å². The summed E-state index contributed by atoms with van der Waals surface area (Å²) < 4.78 is 8.88. The molecule has 1 heterocycles. The zero-order valence-corrected chi connectivity index (χ0v) is 14.8. The summed E-state index contributed by atoms with van der Waals surface area (Å²) in [4.78, 5) is 30.6. The standard InChI is InChI=1S/C15H28O2.C4H2O3/c1-3-5-6-7-8-9-10-11-12-13-14-17-15(16)4-2;5-3-1-2-4(6)7-3/h4H,2-3,5-14H2,1H3;1-2H. The van der Waals surface area contributed by atoms with Crippen LogP contribution in [-0.4, -0.2) is 24.5 Å². The summed E-state index contributed by atoms with van der Waals surface area (Å²) in [5.74, 6) is -1.46. The van der Waals surface area contributed by atoms with Crippen LogP contribution in [0.2, 0.25) is 0 Å². The van der Waals surface area contributed by atoms with Gasteiger partial charge in [-0.1, -0.05) is 71.3 Å². The van der Waals surface area contributed by atoms with Crippen LogP contribution in [0.1, 0.15) is 71.1 Å². The Morgan fingerprint density at radius 2 is 1.42 bits per heavy atom. The van der Waals surface area contributed by atoms with Crippen LogP contribution >= 0.6 is 0 Å². The number of carbonyl (C=O) groups is 3. The van der Waals surface area contributed by atoms with Gasteiger partial charge in [0.25, 0.3) is 0 Å². The number of rotatable bonds is 12. The van der Waals surface area contributed by atoms with Crippen LogP contribution in [0.5, 0.6) is 0 Å². The molecule has 0 radical (unpaired) electrons. The molecule has 1 aliphatic heterocycles. The van der Waals surface area contributed by atoms with Gasteiger partial charge < -0.3 is 9.47 Å². The second-order valence-electron chi connectivity index (χ2n) is 5.63. The molecule has 24 heavy (non-hydrogen) atoms. The molecule has 0 aromatic heterocycles. The van der Waals surface area contributed by atoms with Crippen molar-refractivity contribution in [1.29, 1.82) is 0 Å². The Morgan fingerprint density at radius 3 is 1.79 bits per heavy atom. The van der Waals surface area contributed by atoms with Gasteiger partial charge >= 0.3 is 17.9 Å². The van der Waals surface area contributed by atoms with Gasteiger partial charge in [-0.05, 0) is 6.42 Å². The predicted molar refractivity (Wildman–Crippen MR) is 93.2 cm³/mol. The minimum absolute atomic E-state index is 0.305. The molecule has 0 bridgehead atoms. The van der Waals surface area contributed by atoms with Crippen LogP contribution in [0.3, 0.4) is 0 Å². The molecule has 136 valence electrons. The van der Waals surface area contributed by atoms with Crippen LogP contribution in [0.25, 0.3) is 0 Å². The molecule has 0 aliphatic carbocycles. The lowest BCUT2D eigenvalue weighted by molar-refractivity contribution is -0.150. The Bertz CT molecular complexity index is 396. The van der Waals surface area contributed by atoms with Crippen molar-refractivity contribution in [2.24, 2.45) is 0 Å². The lowest BCUT2D eigenvalue weighted by Gasteiger charge is -2.03. The van der Waals surface area contributed by atoms with Crippen molar-refractivity contribution in [3.8, 4) is 0 Å². The van der Waals surface area contributed by atoms with Crippen LogP contribution in [0, 0.1) is 0 Å². The Balaban J connectivity index is 0.000000620. The highest BCUT2D eigenvalue weighted by atomic mass is 16.6. The molecule has 0 saturated heterocycles. The Morgan fingerprint density at radius 1 is 0.958 bits per heavy atom. The summed E-state index contributed by atoms with van der Waals surface area (Å²) >= 11 is 0. The van der Waals surface area contributed by atoms with Crippen LogP contribution in [0.4, 0.5) is 0 Å². The first-order valence-corrected chi connectivity index (χ1v) is 8.83. The molecular weight excluding hydrogens is 308 g/mol. The fourth-order valence-electron chi connectivity index (χ4n) is 2.12. The molecule has 5 heteroatoms. The van der Waals surface area contributed by atoms with Gasteiger partial charge in [0, 0.05) is 18.2 Å². The van der Waals surface area contributed by atoms with Crippen LogP contribution in [-0.2, 0) is 23.9 Å². The third-order valence-corrected chi connectivity index (χ3v) is 3.47. The highest BCUT2D eigenvalue weighted by Gasteiger charge is 2.10. The van der Waals surface area contributed by atoms with E-state index in [4.69, 9.17) is 4.74 Å². The average molecular weight is 338 g/mol. The largest absolute Gasteiger partial charge is 0.463 e. The SMILES string of the molecule is C=CC(=O)OCCCCCCCCCCCC.O=C1C=CC(=O)O1. The zero-order chi connectivity index (χ0) is 18.0. The van der Waals surface area contributed by atoms with E-state index >= 15 is 0 Å². The van der Waals surface area contributed by atoms with E-state index in [9.17, 15) is 14.4 Å². The molecule has 0 unspecified atom stereocenters. The summed E-state index contributed by atoms with van der Waals surface area (Å²) in [7, 11) is 0. The molecular formula is C19H30O5. The molecule has 0 fully saturated rings. The minimum Gasteiger partial charge on any atom is -0.463 e. The summed E-state index contributed by atoms with van der Waals surface area (Å²) in [5, 5.41) is 0. The van der Waals surface area contributed by atoms with Gasteiger partial charge in [0.05, 0.1) is 6.61 Å². The predicted octanol–water partition coefficient (Wildman–Crippen LogP) is 4.26. The van der Waals surface area contributed by atoms with Crippen LogP contribution < -0.4 is 0 Å². The zero-order valence-electron chi connectivity index (χ0n) is 14.8. The van der Waals surface area contributed by atoms with E-state index in [2.05, 4.69) is 18.2 Å². The van der Waals surface area contributed by atoms with Gasteiger partial charge in [0.1, 0.15) is 0 Å². The molecule has 1 rings (SSSR count). The lowest BCUT2D eigenvalue weighted by Crippen LogP contribution is -2.01. The molecule has 0 spiro atoms. The molecule has 0 N–H and O–H groups in total. The summed E-state index contributed by atoms with van der Waals surface area (Å²) in [6.07, 6.45) is 16.4. The minimum atomic E-state index is -0.579. The third-order valence-electron chi connectivity index (χ3n) is 3.47. The number of unbranched alkanes of at least 4 members (excludes halogenated alkanes) is 9. The van der Waals surface area contributed by atoms with E-state index < -0.39 is 11.9 Å². The molecule has 1 aliphatic rings. The monoisotopic (exact) mass is 338 g/mol. The van der Waals surface area contributed by atoms with E-state index in [0.717, 1.165) is 18.6 Å². The van der Waals surface area contributed by atoms with Gasteiger partial charge in [-0.25, -0.2) is 14.4 Å². The highest BCUT2D eigenvalue weighted by Crippen LogP contribution is 2.10. The first-order chi connectivity index (χ1) is 11.6. The quantitative estimate of drug-likeness (QED) is 0.230. The number of cyclic esters (lactones) is 2. The lowest BCUT2D eigenvalue weighted by atomic mass is 10.1. The molecule has 0 amide bonds. The van der Waals surface area contributed by atoms with Crippen molar-refractivity contribution < 1.29 is 23.9 Å². The third kappa shape index (κ3) is 15.0. The highest BCUT2D eigenvalue weighted by molar-refractivity contribution is 6.04. The van der Waals surface area contributed by atoms with E-state index in [0.29, 0.717) is 6.61 Å². The van der Waals surface area contributed by atoms with Gasteiger partial charge in [-0.2, -0.15) is 0 Å². The molecule has 0 aromatic rings. The van der Waals surface area contributed by atoms with Gasteiger partial charge in [-0.15, -0.1) is 0 Å². The van der Waals surface area contributed by atoms with Gasteiger partial charge in [-0.3, -0.25) is 0 Å². The van der Waals surface area contributed by atoms with Gasteiger partial charge in [0.2, 0.25) is 0 Å². The fourth-order valence-corrected chi connectivity index (χ4v) is 2.12. The van der Waals surface area contributed by atoms with Crippen LogP contribution in [0.15, 0.2) is 24.8 Å². The molecule has 0 saturated carbocycles. The normalized spacial score (nSPS) is 12.4. The second kappa shape index (κ2) is 16.0. The number of esters is 3. The first-order valence-electron chi connectivity index (χ1n) is 8.83. The second-order valence-corrected chi connectivity index (χ2v) is 5.63. The summed E-state index contributed by atoms with van der Waals surface area (Å²) in [6.45, 7) is 6.15. The topological polar surface area (TPSA) is 69.7 Å². The Kier molecular flexibility index (Phi) is 14.7. The van der Waals surface area contributed by atoms with Crippen molar-refractivity contribution in [2.75, 3.05) is 6.61 Å². The van der Waals surface area contributed by atoms with E-state index in [1.165, 1.54) is 63.9 Å². The average Bonchev–Trinajstić information content (AvgIpc) is 2.96. The van der Waals surface area contributed by atoms with E-state index in [1.54, 1.807) is 0 Å². The van der Waals surface area contributed by atoms with Gasteiger partial charge in [0.15, 0.2) is 0 Å². The fraction of sp³-hybridized carbons (Fsp3) is 0.632.